The van der Waals surface area contributed by atoms with Gasteiger partial charge < -0.3 is 10.0 Å². The van der Waals surface area contributed by atoms with Crippen molar-refractivity contribution >= 4 is 16.5 Å². The summed E-state index contributed by atoms with van der Waals surface area (Å²) in [6, 6.07) is 17.4. The average molecular weight is 331 g/mol. The van der Waals surface area contributed by atoms with Crippen LogP contribution in [-0.4, -0.2) is 18.2 Å². The number of piperidine rings is 1. The molecule has 128 valence electrons. The average Bonchev–Trinajstić information content (AvgIpc) is 2.65. The summed E-state index contributed by atoms with van der Waals surface area (Å²) in [5.74, 6) is 0.406. The molecule has 1 saturated heterocycles. The number of hydrogen-bond donors (Lipinski definition) is 1. The van der Waals surface area contributed by atoms with Crippen LogP contribution in [0.25, 0.3) is 21.9 Å². The molecule has 2 heteroatoms. The van der Waals surface area contributed by atoms with Crippen LogP contribution in [-0.2, 0) is 0 Å². The van der Waals surface area contributed by atoms with E-state index in [2.05, 4.69) is 53.4 Å². The molecule has 3 aromatic rings. The highest BCUT2D eigenvalue weighted by atomic mass is 16.3. The standard InChI is InChI=1S/C23H25NO/c1-16-14-19(15-17(2)23(16)25)22-20-9-5-4-8-18(20)10-11-21(22)24-12-6-3-7-13-24/h4-5,8-11,14-15,25H,3,6-7,12-13H2,1-2H3. The molecule has 1 N–H and O–H groups in total. The summed E-state index contributed by atoms with van der Waals surface area (Å²) in [6.45, 7) is 6.22. The molecule has 0 amide bonds. The van der Waals surface area contributed by atoms with Crippen LogP contribution in [0.2, 0.25) is 0 Å². The van der Waals surface area contributed by atoms with Gasteiger partial charge in [-0.2, -0.15) is 0 Å². The van der Waals surface area contributed by atoms with Gasteiger partial charge in [-0.3, -0.25) is 0 Å². The highest BCUT2D eigenvalue weighted by Crippen LogP contribution is 2.40. The molecule has 1 heterocycles. The Hall–Kier alpha value is -2.48. The Morgan fingerprint density at radius 2 is 1.52 bits per heavy atom. The molecule has 4 rings (SSSR count). The number of anilines is 1. The normalized spacial score (nSPS) is 14.9. The highest BCUT2D eigenvalue weighted by molar-refractivity contribution is 6.03. The molecule has 0 saturated carbocycles. The van der Waals surface area contributed by atoms with Crippen LogP contribution in [0.3, 0.4) is 0 Å². The van der Waals surface area contributed by atoms with Crippen LogP contribution in [0.15, 0.2) is 48.5 Å². The van der Waals surface area contributed by atoms with E-state index in [-0.39, 0.29) is 0 Å². The third-order valence-electron chi connectivity index (χ3n) is 5.38. The first-order chi connectivity index (χ1) is 12.1. The number of rotatable bonds is 2. The molecule has 0 bridgehead atoms. The first kappa shape index (κ1) is 16.0. The number of nitrogens with zero attached hydrogens (tertiary/aromatic N) is 1. The fourth-order valence-corrected chi connectivity index (χ4v) is 4.06. The zero-order valence-electron chi connectivity index (χ0n) is 15.0. The molecule has 3 aromatic carbocycles. The largest absolute Gasteiger partial charge is 0.507 e. The Morgan fingerprint density at radius 1 is 0.840 bits per heavy atom. The molecular formula is C23H25NO. The van der Waals surface area contributed by atoms with Crippen molar-refractivity contribution in [1.82, 2.24) is 0 Å². The lowest BCUT2D eigenvalue weighted by Crippen LogP contribution is -2.29. The predicted octanol–water partition coefficient (Wildman–Crippen LogP) is 5.82. The molecule has 1 aliphatic rings. The summed E-state index contributed by atoms with van der Waals surface area (Å²) >= 11 is 0. The fraction of sp³-hybridized carbons (Fsp3) is 0.304. The maximum Gasteiger partial charge on any atom is 0.121 e. The van der Waals surface area contributed by atoms with Crippen LogP contribution in [0.1, 0.15) is 30.4 Å². The van der Waals surface area contributed by atoms with Crippen LogP contribution >= 0.6 is 0 Å². The van der Waals surface area contributed by atoms with Gasteiger partial charge in [-0.1, -0.05) is 30.3 Å². The molecule has 1 fully saturated rings. The number of phenolic OH excluding ortho intramolecular Hbond substituents is 1. The van der Waals surface area contributed by atoms with Crippen molar-refractivity contribution in [2.75, 3.05) is 18.0 Å². The smallest absolute Gasteiger partial charge is 0.121 e. The van der Waals surface area contributed by atoms with Gasteiger partial charge in [0.2, 0.25) is 0 Å². The van der Waals surface area contributed by atoms with Crippen LogP contribution in [0.4, 0.5) is 5.69 Å². The maximum absolute atomic E-state index is 10.2. The Morgan fingerprint density at radius 3 is 2.24 bits per heavy atom. The number of hydrogen-bond acceptors (Lipinski definition) is 2. The second kappa shape index (κ2) is 6.44. The SMILES string of the molecule is Cc1cc(-c2c(N3CCCCC3)ccc3ccccc23)cc(C)c1O. The fourth-order valence-electron chi connectivity index (χ4n) is 4.06. The van der Waals surface area contributed by atoms with Crippen molar-refractivity contribution in [2.24, 2.45) is 0 Å². The van der Waals surface area contributed by atoms with E-state index in [4.69, 9.17) is 0 Å². The van der Waals surface area contributed by atoms with Gasteiger partial charge >= 0.3 is 0 Å². The quantitative estimate of drug-likeness (QED) is 0.639. The van der Waals surface area contributed by atoms with Gasteiger partial charge in [-0.25, -0.2) is 0 Å². The summed E-state index contributed by atoms with van der Waals surface area (Å²) in [7, 11) is 0. The maximum atomic E-state index is 10.2. The van der Waals surface area contributed by atoms with E-state index in [0.29, 0.717) is 5.75 Å². The van der Waals surface area contributed by atoms with E-state index in [1.807, 2.05) is 13.8 Å². The summed E-state index contributed by atoms with van der Waals surface area (Å²) in [4.78, 5) is 2.53. The molecule has 0 unspecified atom stereocenters. The number of aryl methyl sites for hydroxylation is 2. The van der Waals surface area contributed by atoms with E-state index in [0.717, 1.165) is 24.2 Å². The Kier molecular flexibility index (Phi) is 4.12. The summed E-state index contributed by atoms with van der Waals surface area (Å²) in [6.07, 6.45) is 3.86. The zero-order valence-corrected chi connectivity index (χ0v) is 15.0. The lowest BCUT2D eigenvalue weighted by molar-refractivity contribution is 0.467. The predicted molar refractivity (Wildman–Crippen MR) is 107 cm³/mol. The number of fused-ring (bicyclic) bond motifs is 1. The minimum absolute atomic E-state index is 0.406. The van der Waals surface area contributed by atoms with Gasteiger partial charge in [0.25, 0.3) is 0 Å². The minimum atomic E-state index is 0.406. The number of phenols is 1. The van der Waals surface area contributed by atoms with Crippen LogP contribution in [0, 0.1) is 13.8 Å². The third kappa shape index (κ3) is 2.86. The molecule has 2 nitrogen and oxygen atoms in total. The Labute approximate surface area is 149 Å². The topological polar surface area (TPSA) is 23.5 Å². The van der Waals surface area contributed by atoms with E-state index in [9.17, 15) is 5.11 Å². The first-order valence-corrected chi connectivity index (χ1v) is 9.22. The van der Waals surface area contributed by atoms with E-state index < -0.39 is 0 Å². The van der Waals surface area contributed by atoms with Gasteiger partial charge in [-0.15, -0.1) is 0 Å². The van der Waals surface area contributed by atoms with Crippen molar-refractivity contribution in [3.63, 3.8) is 0 Å². The lowest BCUT2D eigenvalue weighted by Gasteiger charge is -2.31. The van der Waals surface area contributed by atoms with Crippen LogP contribution in [0.5, 0.6) is 5.75 Å². The number of benzene rings is 3. The molecule has 0 atom stereocenters. The van der Waals surface area contributed by atoms with E-state index >= 15 is 0 Å². The van der Waals surface area contributed by atoms with Crippen molar-refractivity contribution in [3.05, 3.63) is 59.7 Å². The lowest BCUT2D eigenvalue weighted by atomic mass is 9.92. The number of aromatic hydroxyl groups is 1. The van der Waals surface area contributed by atoms with Crippen molar-refractivity contribution in [1.29, 1.82) is 0 Å². The summed E-state index contributed by atoms with van der Waals surface area (Å²) in [5.41, 5.74) is 5.69. The third-order valence-corrected chi connectivity index (χ3v) is 5.38. The first-order valence-electron chi connectivity index (χ1n) is 9.22. The Bertz CT molecular complexity index is 900. The van der Waals surface area contributed by atoms with Crippen molar-refractivity contribution in [2.45, 2.75) is 33.1 Å². The van der Waals surface area contributed by atoms with Crippen molar-refractivity contribution < 1.29 is 5.11 Å². The van der Waals surface area contributed by atoms with Crippen LogP contribution < -0.4 is 4.90 Å². The Balaban J connectivity index is 1.99. The van der Waals surface area contributed by atoms with Gasteiger partial charge in [0.05, 0.1) is 0 Å². The minimum Gasteiger partial charge on any atom is -0.507 e. The molecule has 25 heavy (non-hydrogen) atoms. The van der Waals surface area contributed by atoms with Crippen molar-refractivity contribution in [3.8, 4) is 16.9 Å². The van der Waals surface area contributed by atoms with Gasteiger partial charge in [-0.05, 0) is 78.8 Å². The van der Waals surface area contributed by atoms with Gasteiger partial charge in [0, 0.05) is 24.3 Å². The molecule has 0 aliphatic carbocycles. The molecule has 0 spiro atoms. The second-order valence-electron chi connectivity index (χ2n) is 7.19. The van der Waals surface area contributed by atoms with Gasteiger partial charge in [0.1, 0.15) is 5.75 Å². The molecule has 0 aromatic heterocycles. The van der Waals surface area contributed by atoms with E-state index in [1.165, 1.54) is 46.8 Å². The second-order valence-corrected chi connectivity index (χ2v) is 7.19. The molecular weight excluding hydrogens is 306 g/mol. The highest BCUT2D eigenvalue weighted by Gasteiger charge is 2.18. The van der Waals surface area contributed by atoms with Gasteiger partial charge in [0.15, 0.2) is 0 Å². The van der Waals surface area contributed by atoms with E-state index in [1.54, 1.807) is 0 Å². The summed E-state index contributed by atoms with van der Waals surface area (Å²) < 4.78 is 0. The molecule has 1 aliphatic heterocycles. The zero-order chi connectivity index (χ0) is 17.4. The molecule has 0 radical (unpaired) electrons. The monoisotopic (exact) mass is 331 g/mol. The summed E-state index contributed by atoms with van der Waals surface area (Å²) in [5, 5.41) is 12.8.